The van der Waals surface area contributed by atoms with E-state index in [1.165, 1.54) is 12.1 Å². The lowest BCUT2D eigenvalue weighted by Gasteiger charge is -2.14. The Bertz CT molecular complexity index is 744. The number of carbonyl (C=O) groups is 1. The molecule has 0 radical (unpaired) electrons. The van der Waals surface area contributed by atoms with Gasteiger partial charge >= 0.3 is 12.1 Å². The third-order valence-electron chi connectivity index (χ3n) is 2.94. The van der Waals surface area contributed by atoms with Crippen molar-refractivity contribution in [2.75, 3.05) is 0 Å². The SMILES string of the molecule is O=C(O)c1ccc(Cl)c(OCc2ccc(F)cc2C(F)(F)F)c1. The maximum absolute atomic E-state index is 13.0. The normalized spacial score (nSPS) is 11.3. The van der Waals surface area contributed by atoms with Gasteiger partial charge in [-0.15, -0.1) is 0 Å². The number of rotatable bonds is 4. The number of hydrogen-bond donors (Lipinski definition) is 1. The van der Waals surface area contributed by atoms with Crippen LogP contribution < -0.4 is 4.74 Å². The molecule has 0 bridgehead atoms. The van der Waals surface area contributed by atoms with Crippen LogP contribution in [0.4, 0.5) is 17.6 Å². The van der Waals surface area contributed by atoms with E-state index >= 15 is 0 Å². The van der Waals surface area contributed by atoms with Gasteiger partial charge in [0.25, 0.3) is 0 Å². The molecular formula is C15H9ClF4O3. The van der Waals surface area contributed by atoms with Crippen molar-refractivity contribution in [3.63, 3.8) is 0 Å². The summed E-state index contributed by atoms with van der Waals surface area (Å²) < 4.78 is 56.8. The van der Waals surface area contributed by atoms with Gasteiger partial charge in [-0.3, -0.25) is 0 Å². The van der Waals surface area contributed by atoms with Crippen molar-refractivity contribution in [3.8, 4) is 5.75 Å². The lowest BCUT2D eigenvalue weighted by molar-refractivity contribution is -0.138. The van der Waals surface area contributed by atoms with E-state index in [1.54, 1.807) is 0 Å². The molecule has 0 amide bonds. The molecule has 0 atom stereocenters. The fourth-order valence-corrected chi connectivity index (χ4v) is 2.01. The fraction of sp³-hybridized carbons (Fsp3) is 0.133. The molecule has 3 nitrogen and oxygen atoms in total. The van der Waals surface area contributed by atoms with Gasteiger partial charge in [-0.2, -0.15) is 13.2 Å². The molecule has 0 aliphatic rings. The second kappa shape index (κ2) is 6.45. The number of ether oxygens (including phenoxy) is 1. The fourth-order valence-electron chi connectivity index (χ4n) is 1.84. The van der Waals surface area contributed by atoms with Crippen molar-refractivity contribution >= 4 is 17.6 Å². The van der Waals surface area contributed by atoms with E-state index in [1.807, 2.05) is 0 Å². The van der Waals surface area contributed by atoms with Gasteiger partial charge in [0.2, 0.25) is 0 Å². The minimum Gasteiger partial charge on any atom is -0.487 e. The third-order valence-corrected chi connectivity index (χ3v) is 3.25. The van der Waals surface area contributed by atoms with Crippen LogP contribution in [0.1, 0.15) is 21.5 Å². The number of aromatic carboxylic acids is 1. The van der Waals surface area contributed by atoms with E-state index in [4.69, 9.17) is 21.4 Å². The molecular weight excluding hydrogens is 340 g/mol. The summed E-state index contributed by atoms with van der Waals surface area (Å²) in [5.74, 6) is -2.33. The van der Waals surface area contributed by atoms with Gasteiger partial charge in [-0.05, 0) is 30.3 Å². The first-order chi connectivity index (χ1) is 10.7. The maximum atomic E-state index is 13.0. The number of carboxylic acids is 1. The molecule has 0 aromatic heterocycles. The Kier molecular flexibility index (Phi) is 4.79. The quantitative estimate of drug-likeness (QED) is 0.809. The van der Waals surface area contributed by atoms with Crippen LogP contribution in [0.3, 0.4) is 0 Å². The molecule has 0 aliphatic carbocycles. The van der Waals surface area contributed by atoms with Gasteiger partial charge in [0.05, 0.1) is 16.1 Å². The number of hydrogen-bond acceptors (Lipinski definition) is 2. The van der Waals surface area contributed by atoms with E-state index < -0.39 is 30.1 Å². The van der Waals surface area contributed by atoms with Crippen LogP contribution >= 0.6 is 11.6 Å². The van der Waals surface area contributed by atoms with Crippen molar-refractivity contribution in [1.82, 2.24) is 0 Å². The Balaban J connectivity index is 2.28. The number of halogens is 5. The molecule has 2 aromatic carbocycles. The van der Waals surface area contributed by atoms with E-state index in [0.29, 0.717) is 6.07 Å². The molecule has 2 rings (SSSR count). The van der Waals surface area contributed by atoms with Crippen molar-refractivity contribution in [3.05, 3.63) is 63.9 Å². The largest absolute Gasteiger partial charge is 0.487 e. The summed E-state index contributed by atoms with van der Waals surface area (Å²) in [4.78, 5) is 10.9. The van der Waals surface area contributed by atoms with E-state index in [2.05, 4.69) is 0 Å². The minimum atomic E-state index is -4.74. The second-order valence-corrected chi connectivity index (χ2v) is 4.95. The highest BCUT2D eigenvalue weighted by atomic mass is 35.5. The summed E-state index contributed by atoms with van der Waals surface area (Å²) in [6.45, 7) is -0.544. The van der Waals surface area contributed by atoms with Gasteiger partial charge < -0.3 is 9.84 Å². The van der Waals surface area contributed by atoms with Crippen LogP contribution in [0.15, 0.2) is 36.4 Å². The van der Waals surface area contributed by atoms with Crippen LogP contribution in [0.25, 0.3) is 0 Å². The highest BCUT2D eigenvalue weighted by molar-refractivity contribution is 6.32. The van der Waals surface area contributed by atoms with Crippen LogP contribution in [0.5, 0.6) is 5.75 Å². The molecule has 0 aliphatic heterocycles. The predicted molar refractivity (Wildman–Crippen MR) is 74.1 cm³/mol. The zero-order chi connectivity index (χ0) is 17.2. The van der Waals surface area contributed by atoms with E-state index in [0.717, 1.165) is 18.2 Å². The smallest absolute Gasteiger partial charge is 0.416 e. The Morgan fingerprint density at radius 1 is 1.17 bits per heavy atom. The van der Waals surface area contributed by atoms with Gasteiger partial charge in [0, 0.05) is 5.56 Å². The molecule has 23 heavy (non-hydrogen) atoms. The molecule has 0 fully saturated rings. The Morgan fingerprint density at radius 3 is 2.48 bits per heavy atom. The van der Waals surface area contributed by atoms with Crippen molar-refractivity contribution in [1.29, 1.82) is 0 Å². The van der Waals surface area contributed by atoms with Crippen LogP contribution in [-0.4, -0.2) is 11.1 Å². The van der Waals surface area contributed by atoms with Crippen LogP contribution in [-0.2, 0) is 12.8 Å². The van der Waals surface area contributed by atoms with E-state index in [9.17, 15) is 22.4 Å². The Hall–Kier alpha value is -2.28. The van der Waals surface area contributed by atoms with Crippen LogP contribution in [0, 0.1) is 5.82 Å². The minimum absolute atomic E-state index is 0.0469. The number of alkyl halides is 3. The molecule has 8 heteroatoms. The van der Waals surface area contributed by atoms with Gasteiger partial charge in [0.15, 0.2) is 0 Å². The Labute approximate surface area is 133 Å². The maximum Gasteiger partial charge on any atom is 0.416 e. The monoisotopic (exact) mass is 348 g/mol. The van der Waals surface area contributed by atoms with Crippen molar-refractivity contribution in [2.24, 2.45) is 0 Å². The highest BCUT2D eigenvalue weighted by Gasteiger charge is 2.33. The summed E-state index contributed by atoms with van der Waals surface area (Å²) in [5, 5.41) is 8.92. The molecule has 0 heterocycles. The van der Waals surface area contributed by atoms with Crippen LogP contribution in [0.2, 0.25) is 5.02 Å². The highest BCUT2D eigenvalue weighted by Crippen LogP contribution is 2.34. The second-order valence-electron chi connectivity index (χ2n) is 4.54. The molecule has 0 saturated heterocycles. The molecule has 1 N–H and O–H groups in total. The molecule has 122 valence electrons. The zero-order valence-corrected chi connectivity index (χ0v) is 12.1. The van der Waals surface area contributed by atoms with Gasteiger partial charge in [0.1, 0.15) is 18.2 Å². The standard InChI is InChI=1S/C15H9ClF4O3/c16-12-4-2-8(14(21)22)5-13(12)23-7-9-1-3-10(17)6-11(9)15(18,19)20/h1-6H,7H2,(H,21,22). The molecule has 0 spiro atoms. The lowest BCUT2D eigenvalue weighted by atomic mass is 10.1. The number of carboxylic acid groups (broad SMARTS) is 1. The van der Waals surface area contributed by atoms with E-state index in [-0.39, 0.29) is 21.9 Å². The summed E-state index contributed by atoms with van der Waals surface area (Å²) in [6, 6.07) is 5.79. The van der Waals surface area contributed by atoms with Crippen molar-refractivity contribution in [2.45, 2.75) is 12.8 Å². The molecule has 0 unspecified atom stereocenters. The summed E-state index contributed by atoms with van der Waals surface area (Å²) >= 11 is 5.82. The topological polar surface area (TPSA) is 46.5 Å². The van der Waals surface area contributed by atoms with Crippen molar-refractivity contribution < 1.29 is 32.2 Å². The Morgan fingerprint density at radius 2 is 1.87 bits per heavy atom. The summed E-state index contributed by atoms with van der Waals surface area (Å²) in [7, 11) is 0. The first-order valence-electron chi connectivity index (χ1n) is 6.20. The lowest BCUT2D eigenvalue weighted by Crippen LogP contribution is -2.11. The first kappa shape index (κ1) is 17.1. The molecule has 0 saturated carbocycles. The predicted octanol–water partition coefficient (Wildman–Crippen LogP) is 4.78. The molecule has 2 aromatic rings. The third kappa shape index (κ3) is 4.13. The summed E-state index contributed by atoms with van der Waals surface area (Å²) in [6.07, 6.45) is -4.74. The van der Waals surface area contributed by atoms with Gasteiger partial charge in [-0.1, -0.05) is 17.7 Å². The number of benzene rings is 2. The first-order valence-corrected chi connectivity index (χ1v) is 6.57. The zero-order valence-electron chi connectivity index (χ0n) is 11.3. The van der Waals surface area contributed by atoms with Gasteiger partial charge in [-0.25, -0.2) is 9.18 Å². The average molecular weight is 349 g/mol. The average Bonchev–Trinajstić information content (AvgIpc) is 2.46. The summed E-state index contributed by atoms with van der Waals surface area (Å²) in [5.41, 5.74) is -1.58.